The topological polar surface area (TPSA) is 93.4 Å². The van der Waals surface area contributed by atoms with Crippen molar-refractivity contribution in [2.75, 3.05) is 32.0 Å². The van der Waals surface area contributed by atoms with E-state index in [9.17, 15) is 4.79 Å². The molecule has 0 aliphatic carbocycles. The molecule has 3 heterocycles. The molecule has 180 valence electrons. The van der Waals surface area contributed by atoms with Crippen LogP contribution in [0.25, 0.3) is 21.6 Å². The molecule has 0 radical (unpaired) electrons. The van der Waals surface area contributed by atoms with Gasteiger partial charge in [-0.3, -0.25) is 9.69 Å². The number of hydrogen-bond acceptors (Lipinski definition) is 7. The summed E-state index contributed by atoms with van der Waals surface area (Å²) in [7, 11) is 0. The minimum absolute atomic E-state index is 0.113. The molecule has 1 saturated heterocycles. The minimum atomic E-state index is -0.113. The van der Waals surface area contributed by atoms with Gasteiger partial charge in [0.2, 0.25) is 0 Å². The standard InChI is InChI=1S/C27H29N5O2S/c1-17-18(2)35-27-23(17)24(28)30-25(31-27)19-7-9-20(10-8-19)26(33)29-15-21-5-3-4-6-22(21)16-32-11-13-34-14-12-32/h3-10H,11-16H2,1-2H3,(H,29,33)(H2,28,30,31). The molecule has 7 nitrogen and oxygen atoms in total. The molecule has 4 aromatic rings. The van der Waals surface area contributed by atoms with Crippen LogP contribution < -0.4 is 11.1 Å². The molecule has 1 aliphatic heterocycles. The Hall–Kier alpha value is -3.33. The largest absolute Gasteiger partial charge is 0.383 e. The van der Waals surface area contributed by atoms with Crippen LogP contribution in [0.2, 0.25) is 0 Å². The SMILES string of the molecule is Cc1sc2nc(-c3ccc(C(=O)NCc4ccccc4CN4CCOCC4)cc3)nc(N)c2c1C. The molecule has 5 rings (SSSR count). The first-order chi connectivity index (χ1) is 17.0. The molecule has 1 amide bonds. The van der Waals surface area contributed by atoms with Gasteiger partial charge in [0, 0.05) is 42.2 Å². The second-order valence-corrected chi connectivity index (χ2v) is 10.0. The summed E-state index contributed by atoms with van der Waals surface area (Å²) in [5.74, 6) is 0.947. The fourth-order valence-corrected chi connectivity index (χ4v) is 5.38. The molecule has 8 heteroatoms. The van der Waals surface area contributed by atoms with E-state index in [-0.39, 0.29) is 5.91 Å². The molecule has 1 aliphatic rings. The zero-order valence-electron chi connectivity index (χ0n) is 20.0. The fraction of sp³-hybridized carbons (Fsp3) is 0.296. The molecule has 0 saturated carbocycles. The normalized spacial score (nSPS) is 14.3. The molecule has 0 bridgehead atoms. The number of aryl methyl sites for hydroxylation is 2. The molecular formula is C27H29N5O2S. The quantitative estimate of drug-likeness (QED) is 0.421. The van der Waals surface area contributed by atoms with E-state index in [0.29, 0.717) is 23.8 Å². The second-order valence-electron chi connectivity index (χ2n) is 8.81. The lowest BCUT2D eigenvalue weighted by molar-refractivity contribution is 0.0340. The monoisotopic (exact) mass is 487 g/mol. The number of thiophene rings is 1. The summed E-state index contributed by atoms with van der Waals surface area (Å²) in [4.78, 5) is 26.5. The van der Waals surface area contributed by atoms with Crippen molar-refractivity contribution in [3.8, 4) is 11.4 Å². The number of aromatic nitrogens is 2. The van der Waals surface area contributed by atoms with Gasteiger partial charge in [0.25, 0.3) is 5.91 Å². The van der Waals surface area contributed by atoms with Gasteiger partial charge < -0.3 is 15.8 Å². The van der Waals surface area contributed by atoms with Crippen molar-refractivity contribution >= 4 is 33.3 Å². The van der Waals surface area contributed by atoms with Crippen molar-refractivity contribution in [2.45, 2.75) is 26.9 Å². The Morgan fingerprint density at radius 2 is 1.77 bits per heavy atom. The van der Waals surface area contributed by atoms with Gasteiger partial charge in [-0.15, -0.1) is 11.3 Å². The van der Waals surface area contributed by atoms with E-state index in [4.69, 9.17) is 15.5 Å². The van der Waals surface area contributed by atoms with E-state index < -0.39 is 0 Å². The number of nitrogens with zero attached hydrogens (tertiary/aromatic N) is 3. The van der Waals surface area contributed by atoms with Crippen LogP contribution in [0.15, 0.2) is 48.5 Å². The Labute approximate surface area is 209 Å². The Balaban J connectivity index is 1.27. The first-order valence-electron chi connectivity index (χ1n) is 11.8. The predicted molar refractivity (Wildman–Crippen MR) is 140 cm³/mol. The van der Waals surface area contributed by atoms with Gasteiger partial charge in [-0.05, 0) is 42.7 Å². The smallest absolute Gasteiger partial charge is 0.251 e. The van der Waals surface area contributed by atoms with Crippen LogP contribution in [0.4, 0.5) is 5.82 Å². The van der Waals surface area contributed by atoms with Crippen molar-refractivity contribution in [3.63, 3.8) is 0 Å². The van der Waals surface area contributed by atoms with E-state index in [1.54, 1.807) is 23.5 Å². The van der Waals surface area contributed by atoms with Gasteiger partial charge >= 0.3 is 0 Å². The van der Waals surface area contributed by atoms with Crippen LogP contribution in [-0.4, -0.2) is 47.1 Å². The molecule has 35 heavy (non-hydrogen) atoms. The Morgan fingerprint density at radius 1 is 1.06 bits per heavy atom. The van der Waals surface area contributed by atoms with Crippen LogP contribution in [0.1, 0.15) is 31.9 Å². The molecule has 0 atom stereocenters. The Bertz CT molecular complexity index is 1360. The molecule has 0 unspecified atom stereocenters. The minimum Gasteiger partial charge on any atom is -0.383 e. The molecule has 1 fully saturated rings. The lowest BCUT2D eigenvalue weighted by Crippen LogP contribution is -2.36. The third-order valence-electron chi connectivity index (χ3n) is 6.52. The zero-order chi connectivity index (χ0) is 24.4. The number of carbonyl (C=O) groups excluding carboxylic acids is 1. The highest BCUT2D eigenvalue weighted by Crippen LogP contribution is 2.33. The first-order valence-corrected chi connectivity index (χ1v) is 12.6. The number of ether oxygens (including phenoxy) is 1. The number of nitrogen functional groups attached to an aromatic ring is 1. The number of nitrogens with one attached hydrogen (secondary N) is 1. The van der Waals surface area contributed by atoms with E-state index in [1.165, 1.54) is 10.4 Å². The molecule has 2 aromatic heterocycles. The number of morpholine rings is 1. The number of anilines is 1. The first kappa shape index (κ1) is 23.4. The van der Waals surface area contributed by atoms with E-state index in [2.05, 4.69) is 34.3 Å². The van der Waals surface area contributed by atoms with Crippen molar-refractivity contribution in [1.82, 2.24) is 20.2 Å². The van der Waals surface area contributed by atoms with E-state index >= 15 is 0 Å². The summed E-state index contributed by atoms with van der Waals surface area (Å²) < 4.78 is 5.45. The summed E-state index contributed by atoms with van der Waals surface area (Å²) in [5.41, 5.74) is 11.1. The molecular weight excluding hydrogens is 458 g/mol. The number of fused-ring (bicyclic) bond motifs is 1. The van der Waals surface area contributed by atoms with Crippen LogP contribution in [0.3, 0.4) is 0 Å². The second kappa shape index (κ2) is 10.1. The number of rotatable bonds is 6. The highest BCUT2D eigenvalue weighted by molar-refractivity contribution is 7.18. The summed E-state index contributed by atoms with van der Waals surface area (Å²) in [6, 6.07) is 15.6. The highest BCUT2D eigenvalue weighted by atomic mass is 32.1. The summed E-state index contributed by atoms with van der Waals surface area (Å²) >= 11 is 1.62. The van der Waals surface area contributed by atoms with Crippen molar-refractivity contribution < 1.29 is 9.53 Å². The number of carbonyl (C=O) groups is 1. The lowest BCUT2D eigenvalue weighted by atomic mass is 10.1. The van der Waals surface area contributed by atoms with Gasteiger partial charge in [-0.25, -0.2) is 9.97 Å². The Kier molecular flexibility index (Phi) is 6.77. The lowest BCUT2D eigenvalue weighted by Gasteiger charge is -2.27. The average molecular weight is 488 g/mol. The summed E-state index contributed by atoms with van der Waals surface area (Å²) in [6.07, 6.45) is 0. The average Bonchev–Trinajstić information content (AvgIpc) is 3.17. The maximum Gasteiger partial charge on any atom is 0.251 e. The zero-order valence-corrected chi connectivity index (χ0v) is 20.8. The van der Waals surface area contributed by atoms with Crippen molar-refractivity contribution in [3.05, 3.63) is 75.7 Å². The third kappa shape index (κ3) is 5.05. The highest BCUT2D eigenvalue weighted by Gasteiger charge is 2.15. The maximum absolute atomic E-state index is 12.8. The predicted octanol–water partition coefficient (Wildman–Crippen LogP) is 4.32. The summed E-state index contributed by atoms with van der Waals surface area (Å²) in [6.45, 7) is 8.86. The summed E-state index contributed by atoms with van der Waals surface area (Å²) in [5, 5.41) is 3.99. The van der Waals surface area contributed by atoms with Crippen molar-refractivity contribution in [2.24, 2.45) is 0 Å². The van der Waals surface area contributed by atoms with Crippen LogP contribution in [-0.2, 0) is 17.8 Å². The van der Waals surface area contributed by atoms with Gasteiger partial charge in [0.1, 0.15) is 10.6 Å². The van der Waals surface area contributed by atoms with Gasteiger partial charge in [-0.1, -0.05) is 36.4 Å². The number of benzene rings is 2. The van der Waals surface area contributed by atoms with Crippen LogP contribution >= 0.6 is 11.3 Å². The van der Waals surface area contributed by atoms with Crippen molar-refractivity contribution in [1.29, 1.82) is 0 Å². The van der Waals surface area contributed by atoms with Gasteiger partial charge in [-0.2, -0.15) is 0 Å². The molecule has 0 spiro atoms. The maximum atomic E-state index is 12.8. The van der Waals surface area contributed by atoms with E-state index in [1.807, 2.05) is 31.2 Å². The van der Waals surface area contributed by atoms with Crippen LogP contribution in [0, 0.1) is 13.8 Å². The van der Waals surface area contributed by atoms with E-state index in [0.717, 1.165) is 59.8 Å². The van der Waals surface area contributed by atoms with Gasteiger partial charge in [0.05, 0.1) is 18.6 Å². The molecule has 3 N–H and O–H groups in total. The number of amides is 1. The van der Waals surface area contributed by atoms with Crippen LogP contribution in [0.5, 0.6) is 0 Å². The third-order valence-corrected chi connectivity index (χ3v) is 7.62. The Morgan fingerprint density at radius 3 is 2.51 bits per heavy atom. The van der Waals surface area contributed by atoms with Gasteiger partial charge in [0.15, 0.2) is 5.82 Å². The number of hydrogen-bond donors (Lipinski definition) is 2. The molecule has 2 aromatic carbocycles. The fourth-order valence-electron chi connectivity index (χ4n) is 4.34. The number of nitrogens with two attached hydrogens (primary N) is 1.